The molecule has 0 fully saturated rings. The lowest BCUT2D eigenvalue weighted by Crippen LogP contribution is -2.36. The highest BCUT2D eigenvalue weighted by Crippen LogP contribution is 2.31. The molecule has 3 N–H and O–H groups in total. The number of amides is 1. The Morgan fingerprint density at radius 1 is 1.15 bits per heavy atom. The van der Waals surface area contributed by atoms with Crippen LogP contribution >= 0.6 is 0 Å². The summed E-state index contributed by atoms with van der Waals surface area (Å²) in [6.07, 6.45) is 0.794. The lowest BCUT2D eigenvalue weighted by Gasteiger charge is -2.32. The van der Waals surface area contributed by atoms with Gasteiger partial charge in [-0.25, -0.2) is 9.55 Å². The number of benzene rings is 2. The fourth-order valence-corrected chi connectivity index (χ4v) is 4.33. The van der Waals surface area contributed by atoms with E-state index in [0.717, 1.165) is 35.6 Å². The first-order chi connectivity index (χ1) is 16.5. The summed E-state index contributed by atoms with van der Waals surface area (Å²) in [4.78, 5) is 28.7. The molecule has 5 rings (SSSR count). The van der Waals surface area contributed by atoms with Crippen molar-refractivity contribution in [2.24, 2.45) is 5.73 Å². The molecule has 34 heavy (non-hydrogen) atoms. The van der Waals surface area contributed by atoms with Gasteiger partial charge in [0.25, 0.3) is 5.91 Å². The van der Waals surface area contributed by atoms with E-state index in [-0.39, 0.29) is 0 Å². The van der Waals surface area contributed by atoms with Crippen LogP contribution in [0.3, 0.4) is 0 Å². The maximum Gasteiger partial charge on any atom is 0.304 e. The van der Waals surface area contributed by atoms with Gasteiger partial charge in [0.2, 0.25) is 5.95 Å². The van der Waals surface area contributed by atoms with Crippen LogP contribution in [-0.2, 0) is 19.5 Å². The van der Waals surface area contributed by atoms with Crippen LogP contribution in [-0.4, -0.2) is 50.5 Å². The van der Waals surface area contributed by atoms with Crippen molar-refractivity contribution in [2.45, 2.75) is 32.5 Å². The quantitative estimate of drug-likeness (QED) is 0.458. The molecule has 0 spiro atoms. The average Bonchev–Trinajstić information content (AvgIpc) is 3.22. The normalized spacial score (nSPS) is 15.8. The zero-order chi connectivity index (χ0) is 23.8. The number of rotatable bonds is 6. The topological polar surface area (TPSA) is 111 Å². The second kappa shape index (κ2) is 8.75. The van der Waals surface area contributed by atoms with Gasteiger partial charge in [-0.3, -0.25) is 9.69 Å². The van der Waals surface area contributed by atoms with Gasteiger partial charge in [0.05, 0.1) is 23.9 Å². The smallest absolute Gasteiger partial charge is 0.304 e. The molecule has 2 aromatic carbocycles. The van der Waals surface area contributed by atoms with Crippen LogP contribution in [0.25, 0.3) is 17.0 Å². The molecular formula is C25H27N7O2. The average molecular weight is 458 g/mol. The van der Waals surface area contributed by atoms with Crippen molar-refractivity contribution in [2.75, 3.05) is 19.5 Å². The fourth-order valence-electron chi connectivity index (χ4n) is 4.33. The van der Waals surface area contributed by atoms with Gasteiger partial charge in [-0.15, -0.1) is 0 Å². The van der Waals surface area contributed by atoms with E-state index in [4.69, 9.17) is 20.4 Å². The number of carbonyl (C=O) groups excluding carboxylic acids is 1. The molecule has 9 heteroatoms. The van der Waals surface area contributed by atoms with E-state index < -0.39 is 5.91 Å². The fraction of sp³-hybridized carbons (Fsp3) is 0.280. The summed E-state index contributed by atoms with van der Waals surface area (Å²) in [5.74, 6) is 0.663. The van der Waals surface area contributed by atoms with Gasteiger partial charge in [-0.1, -0.05) is 36.4 Å². The van der Waals surface area contributed by atoms with Gasteiger partial charge >= 0.3 is 6.01 Å². The first-order valence-corrected chi connectivity index (χ1v) is 11.2. The van der Waals surface area contributed by atoms with Crippen molar-refractivity contribution in [1.29, 1.82) is 0 Å². The molecule has 1 unspecified atom stereocenters. The Hall–Kier alpha value is -3.98. The molecule has 0 aliphatic carbocycles. The molecule has 1 amide bonds. The number of carbonyl (C=O) groups is 1. The molecule has 1 aliphatic rings. The summed E-state index contributed by atoms with van der Waals surface area (Å²) in [5, 5.41) is 3.52. The molecule has 0 saturated heterocycles. The number of para-hydroxylation sites is 1. The van der Waals surface area contributed by atoms with Crippen LogP contribution < -0.4 is 15.8 Å². The number of hydrogen-bond donors (Lipinski definition) is 2. The molecule has 0 saturated carbocycles. The SMILES string of the molecule is COc1nc2c(C(N)=O)cccc2n1-c1nc2c(c(NCc3ccccc3)n1)CN(C)C(C)C2. The van der Waals surface area contributed by atoms with E-state index in [0.29, 0.717) is 41.1 Å². The largest absolute Gasteiger partial charge is 0.468 e. The Morgan fingerprint density at radius 3 is 2.68 bits per heavy atom. The first kappa shape index (κ1) is 21.8. The van der Waals surface area contributed by atoms with Crippen LogP contribution in [0.4, 0.5) is 5.82 Å². The van der Waals surface area contributed by atoms with E-state index in [1.807, 2.05) is 24.3 Å². The minimum absolute atomic E-state index is 0.290. The van der Waals surface area contributed by atoms with Gasteiger partial charge in [0.1, 0.15) is 11.3 Å². The lowest BCUT2D eigenvalue weighted by atomic mass is 10.0. The van der Waals surface area contributed by atoms with E-state index in [1.54, 1.807) is 16.7 Å². The Bertz CT molecular complexity index is 1370. The molecule has 9 nitrogen and oxygen atoms in total. The number of anilines is 1. The maximum absolute atomic E-state index is 12.0. The Balaban J connectivity index is 1.66. The third-order valence-corrected chi connectivity index (χ3v) is 6.33. The van der Waals surface area contributed by atoms with E-state index >= 15 is 0 Å². The summed E-state index contributed by atoms with van der Waals surface area (Å²) < 4.78 is 7.30. The number of primary amides is 1. The number of fused-ring (bicyclic) bond motifs is 2. The lowest BCUT2D eigenvalue weighted by molar-refractivity contribution is 0.100. The second-order valence-corrected chi connectivity index (χ2v) is 8.58. The first-order valence-electron chi connectivity index (χ1n) is 11.2. The predicted molar refractivity (Wildman–Crippen MR) is 130 cm³/mol. The van der Waals surface area contributed by atoms with Gasteiger partial charge < -0.3 is 15.8 Å². The number of nitrogens with two attached hydrogens (primary N) is 1. The minimum atomic E-state index is -0.550. The van der Waals surface area contributed by atoms with Crippen LogP contribution in [0.15, 0.2) is 48.5 Å². The highest BCUT2D eigenvalue weighted by atomic mass is 16.5. The predicted octanol–water partition coefficient (Wildman–Crippen LogP) is 2.91. The number of imidazole rings is 1. The van der Waals surface area contributed by atoms with Gasteiger partial charge in [0.15, 0.2) is 0 Å². The number of methoxy groups -OCH3 is 1. The third-order valence-electron chi connectivity index (χ3n) is 6.33. The number of aromatic nitrogens is 4. The van der Waals surface area contributed by atoms with E-state index in [2.05, 4.69) is 41.3 Å². The highest BCUT2D eigenvalue weighted by molar-refractivity contribution is 6.04. The molecule has 0 radical (unpaired) electrons. The molecule has 1 aliphatic heterocycles. The van der Waals surface area contributed by atoms with Crippen molar-refractivity contribution in [3.63, 3.8) is 0 Å². The molecule has 2 aromatic heterocycles. The Morgan fingerprint density at radius 2 is 1.94 bits per heavy atom. The van der Waals surface area contributed by atoms with Crippen LogP contribution in [0, 0.1) is 0 Å². The number of nitrogens with one attached hydrogen (secondary N) is 1. The summed E-state index contributed by atoms with van der Waals surface area (Å²) in [5.41, 5.74) is 10.3. The number of likely N-dealkylation sites (N-methyl/N-ethyl adjacent to an activating group) is 1. The highest BCUT2D eigenvalue weighted by Gasteiger charge is 2.27. The summed E-state index contributed by atoms with van der Waals surface area (Å²) in [6.45, 7) is 3.58. The van der Waals surface area contributed by atoms with Gasteiger partial charge in [0, 0.05) is 31.1 Å². The van der Waals surface area contributed by atoms with Crippen molar-refractivity contribution < 1.29 is 9.53 Å². The summed E-state index contributed by atoms with van der Waals surface area (Å²) >= 11 is 0. The molecular weight excluding hydrogens is 430 g/mol. The second-order valence-electron chi connectivity index (χ2n) is 8.58. The Kier molecular flexibility index (Phi) is 5.62. The van der Waals surface area contributed by atoms with Gasteiger partial charge in [-0.05, 0) is 31.7 Å². The van der Waals surface area contributed by atoms with Crippen molar-refractivity contribution in [3.05, 3.63) is 70.9 Å². The van der Waals surface area contributed by atoms with Crippen LogP contribution in [0.1, 0.15) is 34.1 Å². The number of hydrogen-bond acceptors (Lipinski definition) is 7. The zero-order valence-electron chi connectivity index (χ0n) is 19.4. The minimum Gasteiger partial charge on any atom is -0.468 e. The summed E-state index contributed by atoms with van der Waals surface area (Å²) in [6, 6.07) is 16.1. The van der Waals surface area contributed by atoms with Crippen molar-refractivity contribution in [3.8, 4) is 12.0 Å². The molecule has 1 atom stereocenters. The van der Waals surface area contributed by atoms with Crippen molar-refractivity contribution >= 4 is 22.8 Å². The maximum atomic E-state index is 12.0. The Labute approximate surface area is 197 Å². The zero-order valence-corrected chi connectivity index (χ0v) is 19.4. The van der Waals surface area contributed by atoms with Crippen LogP contribution in [0.5, 0.6) is 6.01 Å². The third kappa shape index (κ3) is 3.84. The van der Waals surface area contributed by atoms with Gasteiger partial charge in [-0.2, -0.15) is 9.97 Å². The van der Waals surface area contributed by atoms with E-state index in [1.165, 1.54) is 7.11 Å². The molecule has 4 aromatic rings. The standard InChI is InChI=1S/C25H27N7O2/c1-15-12-19-18(14-31(15)2)23(27-13-16-8-5-4-6-9-16)30-24(28-19)32-20-11-7-10-17(22(26)33)21(20)29-25(32)34-3/h4-11,15H,12-14H2,1-3H3,(H2,26,33)(H,27,28,30). The van der Waals surface area contributed by atoms with Crippen molar-refractivity contribution in [1.82, 2.24) is 24.4 Å². The number of ether oxygens (including phenoxy) is 1. The van der Waals surface area contributed by atoms with Crippen LogP contribution in [0.2, 0.25) is 0 Å². The monoisotopic (exact) mass is 457 g/mol. The van der Waals surface area contributed by atoms with E-state index in [9.17, 15) is 4.79 Å². The molecule has 174 valence electrons. The summed E-state index contributed by atoms with van der Waals surface area (Å²) in [7, 11) is 3.64. The molecule has 3 heterocycles. The number of nitrogens with zero attached hydrogens (tertiary/aromatic N) is 5. The molecule has 0 bridgehead atoms.